The number of nitrogens with two attached hydrogens (primary N) is 1. The number of hydrogen-bond acceptors (Lipinski definition) is 5. The van der Waals surface area contributed by atoms with Gasteiger partial charge in [0, 0.05) is 24.0 Å². The minimum Gasteiger partial charge on any atom is -0.342 e. The van der Waals surface area contributed by atoms with Gasteiger partial charge in [0.05, 0.1) is 26.5 Å². The second-order valence-corrected chi connectivity index (χ2v) is 10.2. The summed E-state index contributed by atoms with van der Waals surface area (Å²) in [6.45, 7) is 1.38. The number of nitrogens with zero attached hydrogens (tertiary/aromatic N) is 2. The standard InChI is InChI=1S/C20H20ClN3O3S2/c21-15-3-6-18-17(12-15)23-20(28-18)14-7-9-24(10-8-14)19(25)11-13-1-4-16(5-2-13)29(22,26)27/h1-6,12,14H,7-11H2,(H2,22,26,27). The van der Waals surface area contributed by atoms with Gasteiger partial charge in [0.1, 0.15) is 0 Å². The molecule has 152 valence electrons. The Morgan fingerprint density at radius 1 is 1.17 bits per heavy atom. The lowest BCUT2D eigenvalue weighted by Crippen LogP contribution is -2.38. The lowest BCUT2D eigenvalue weighted by atomic mass is 9.97. The third kappa shape index (κ3) is 4.61. The van der Waals surface area contributed by atoms with E-state index in [0.717, 1.165) is 33.6 Å². The second-order valence-electron chi connectivity index (χ2n) is 7.18. The van der Waals surface area contributed by atoms with E-state index in [-0.39, 0.29) is 17.2 Å². The summed E-state index contributed by atoms with van der Waals surface area (Å²) < 4.78 is 23.8. The predicted octanol–water partition coefficient (Wildman–Crippen LogP) is 3.55. The molecule has 0 unspecified atom stereocenters. The van der Waals surface area contributed by atoms with Crippen LogP contribution in [0, 0.1) is 0 Å². The van der Waals surface area contributed by atoms with Gasteiger partial charge in [-0.1, -0.05) is 23.7 Å². The summed E-state index contributed by atoms with van der Waals surface area (Å²) in [6.07, 6.45) is 2.00. The Hall–Kier alpha value is -2.00. The van der Waals surface area contributed by atoms with Crippen molar-refractivity contribution in [1.29, 1.82) is 0 Å². The molecule has 1 aliphatic heterocycles. The zero-order chi connectivity index (χ0) is 20.6. The molecule has 0 aliphatic carbocycles. The summed E-state index contributed by atoms with van der Waals surface area (Å²) >= 11 is 7.75. The van der Waals surface area contributed by atoms with E-state index in [1.54, 1.807) is 23.5 Å². The third-order valence-electron chi connectivity index (χ3n) is 5.17. The van der Waals surface area contributed by atoms with Gasteiger partial charge in [-0.3, -0.25) is 4.79 Å². The molecule has 2 aromatic carbocycles. The average molecular weight is 450 g/mol. The van der Waals surface area contributed by atoms with Gasteiger partial charge in [-0.25, -0.2) is 18.5 Å². The number of sulfonamides is 1. The van der Waals surface area contributed by atoms with Crippen molar-refractivity contribution in [1.82, 2.24) is 9.88 Å². The highest BCUT2D eigenvalue weighted by Crippen LogP contribution is 2.34. The smallest absolute Gasteiger partial charge is 0.238 e. The van der Waals surface area contributed by atoms with E-state index in [4.69, 9.17) is 21.7 Å². The van der Waals surface area contributed by atoms with Crippen LogP contribution in [0.4, 0.5) is 0 Å². The van der Waals surface area contributed by atoms with Crippen molar-refractivity contribution >= 4 is 49.1 Å². The Bertz CT molecular complexity index is 1150. The number of halogens is 1. The fourth-order valence-corrected chi connectivity index (χ4v) is 5.35. The Morgan fingerprint density at radius 2 is 1.86 bits per heavy atom. The molecule has 2 heterocycles. The molecule has 0 radical (unpaired) electrons. The van der Waals surface area contributed by atoms with Gasteiger partial charge in [0.25, 0.3) is 0 Å². The maximum absolute atomic E-state index is 12.6. The van der Waals surface area contributed by atoms with Crippen molar-refractivity contribution in [2.45, 2.75) is 30.1 Å². The largest absolute Gasteiger partial charge is 0.342 e. The molecular weight excluding hydrogens is 430 g/mol. The molecule has 1 aliphatic rings. The van der Waals surface area contributed by atoms with E-state index in [1.165, 1.54) is 12.1 Å². The molecule has 0 atom stereocenters. The number of carbonyl (C=O) groups is 1. The second kappa shape index (κ2) is 8.02. The monoisotopic (exact) mass is 449 g/mol. The van der Waals surface area contributed by atoms with E-state index >= 15 is 0 Å². The van der Waals surface area contributed by atoms with Gasteiger partial charge < -0.3 is 4.90 Å². The van der Waals surface area contributed by atoms with Crippen LogP contribution in [0.15, 0.2) is 47.4 Å². The number of aromatic nitrogens is 1. The van der Waals surface area contributed by atoms with E-state index < -0.39 is 10.0 Å². The summed E-state index contributed by atoms with van der Waals surface area (Å²) in [6, 6.07) is 11.9. The first kappa shape index (κ1) is 20.3. The first-order chi connectivity index (χ1) is 13.8. The van der Waals surface area contributed by atoms with Gasteiger partial charge in [-0.05, 0) is 48.7 Å². The number of thiazole rings is 1. The molecule has 1 fully saturated rings. The summed E-state index contributed by atoms with van der Waals surface area (Å²) in [5, 5.41) is 6.90. The maximum Gasteiger partial charge on any atom is 0.238 e. The fraction of sp³-hybridized carbons (Fsp3) is 0.300. The van der Waals surface area contributed by atoms with Crippen LogP contribution in [0.25, 0.3) is 10.2 Å². The maximum atomic E-state index is 12.6. The molecular formula is C20H20ClN3O3S2. The number of primary sulfonamides is 1. The van der Waals surface area contributed by atoms with Crippen LogP contribution in [-0.2, 0) is 21.2 Å². The zero-order valence-corrected chi connectivity index (χ0v) is 17.9. The van der Waals surface area contributed by atoms with Gasteiger partial charge in [0.2, 0.25) is 15.9 Å². The van der Waals surface area contributed by atoms with Gasteiger partial charge in [-0.15, -0.1) is 11.3 Å². The lowest BCUT2D eigenvalue weighted by Gasteiger charge is -2.31. The van der Waals surface area contributed by atoms with Gasteiger partial charge >= 0.3 is 0 Å². The summed E-state index contributed by atoms with van der Waals surface area (Å²) in [4.78, 5) is 19.3. The zero-order valence-electron chi connectivity index (χ0n) is 15.5. The van der Waals surface area contributed by atoms with Gasteiger partial charge in [-0.2, -0.15) is 0 Å². The molecule has 0 bridgehead atoms. The Balaban J connectivity index is 1.36. The highest BCUT2D eigenvalue weighted by Gasteiger charge is 2.26. The lowest BCUT2D eigenvalue weighted by molar-refractivity contribution is -0.131. The van der Waals surface area contributed by atoms with Crippen LogP contribution in [0.5, 0.6) is 0 Å². The van der Waals surface area contributed by atoms with Crippen molar-refractivity contribution in [3.63, 3.8) is 0 Å². The highest BCUT2D eigenvalue weighted by atomic mass is 35.5. The number of rotatable bonds is 4. The quantitative estimate of drug-likeness (QED) is 0.659. The van der Waals surface area contributed by atoms with E-state index in [0.29, 0.717) is 24.0 Å². The minimum atomic E-state index is -3.72. The highest BCUT2D eigenvalue weighted by molar-refractivity contribution is 7.89. The van der Waals surface area contributed by atoms with Crippen molar-refractivity contribution in [3.8, 4) is 0 Å². The Morgan fingerprint density at radius 3 is 2.52 bits per heavy atom. The average Bonchev–Trinajstić information content (AvgIpc) is 3.11. The third-order valence-corrected chi connectivity index (χ3v) is 7.53. The SMILES string of the molecule is NS(=O)(=O)c1ccc(CC(=O)N2CCC(c3nc4cc(Cl)ccc4s3)CC2)cc1. The van der Waals surface area contributed by atoms with Crippen LogP contribution in [0.3, 0.4) is 0 Å². The number of likely N-dealkylation sites (tertiary alicyclic amines) is 1. The minimum absolute atomic E-state index is 0.0443. The number of benzene rings is 2. The number of piperidine rings is 1. The van der Waals surface area contributed by atoms with E-state index in [1.807, 2.05) is 23.1 Å². The molecule has 2 N–H and O–H groups in total. The molecule has 3 aromatic rings. The summed E-state index contributed by atoms with van der Waals surface area (Å²) in [5.74, 6) is 0.396. The van der Waals surface area contributed by atoms with Gasteiger partial charge in [0.15, 0.2) is 0 Å². The van der Waals surface area contributed by atoms with Crippen LogP contribution >= 0.6 is 22.9 Å². The first-order valence-corrected chi connectivity index (χ1v) is 12.0. The van der Waals surface area contributed by atoms with Crippen LogP contribution < -0.4 is 5.14 Å². The Kier molecular flexibility index (Phi) is 5.61. The predicted molar refractivity (Wildman–Crippen MR) is 115 cm³/mol. The van der Waals surface area contributed by atoms with Crippen molar-refractivity contribution in [3.05, 3.63) is 58.1 Å². The molecule has 6 nitrogen and oxygen atoms in total. The molecule has 1 saturated heterocycles. The summed E-state index contributed by atoms with van der Waals surface area (Å²) in [7, 11) is -3.72. The summed E-state index contributed by atoms with van der Waals surface area (Å²) in [5.41, 5.74) is 1.70. The van der Waals surface area contributed by atoms with Crippen LogP contribution in [-0.4, -0.2) is 37.3 Å². The topological polar surface area (TPSA) is 93.4 Å². The molecule has 0 saturated carbocycles. The fourth-order valence-electron chi connectivity index (χ4n) is 3.55. The van der Waals surface area contributed by atoms with E-state index in [2.05, 4.69) is 0 Å². The number of hydrogen-bond donors (Lipinski definition) is 1. The molecule has 0 spiro atoms. The molecule has 1 amide bonds. The number of fused-ring (bicyclic) bond motifs is 1. The van der Waals surface area contributed by atoms with Crippen LogP contribution in [0.1, 0.15) is 29.3 Å². The first-order valence-electron chi connectivity index (χ1n) is 9.25. The van der Waals surface area contributed by atoms with E-state index in [9.17, 15) is 13.2 Å². The van der Waals surface area contributed by atoms with Crippen molar-refractivity contribution in [2.75, 3.05) is 13.1 Å². The molecule has 9 heteroatoms. The van der Waals surface area contributed by atoms with Crippen molar-refractivity contribution in [2.24, 2.45) is 5.14 Å². The molecule has 4 rings (SSSR count). The molecule has 29 heavy (non-hydrogen) atoms. The molecule has 1 aromatic heterocycles. The number of carbonyl (C=O) groups excluding carboxylic acids is 1. The van der Waals surface area contributed by atoms with Crippen LogP contribution in [0.2, 0.25) is 5.02 Å². The normalized spacial score (nSPS) is 15.7. The Labute approximate surface area is 178 Å². The van der Waals surface area contributed by atoms with Crippen molar-refractivity contribution < 1.29 is 13.2 Å². The number of amides is 1.